The Morgan fingerprint density at radius 1 is 1.00 bits per heavy atom. The van der Waals surface area contributed by atoms with Gasteiger partial charge in [0.25, 0.3) is 0 Å². The van der Waals surface area contributed by atoms with Crippen molar-refractivity contribution in [2.75, 3.05) is 0 Å². The first-order valence-electron chi connectivity index (χ1n) is 6.07. The van der Waals surface area contributed by atoms with Gasteiger partial charge in [0.1, 0.15) is 6.04 Å². The first kappa shape index (κ1) is 13.7. The molecule has 98 valence electrons. The van der Waals surface area contributed by atoms with E-state index in [0.29, 0.717) is 0 Å². The summed E-state index contributed by atoms with van der Waals surface area (Å²) < 4.78 is 0. The molecule has 0 aliphatic rings. The highest BCUT2D eigenvalue weighted by Gasteiger charge is 2.19. The predicted octanol–water partition coefficient (Wildman–Crippen LogP) is 2.10. The van der Waals surface area contributed by atoms with Crippen LogP contribution in [0.4, 0.5) is 0 Å². The van der Waals surface area contributed by atoms with Crippen LogP contribution >= 0.6 is 8.07 Å². The Labute approximate surface area is 114 Å². The average molecular weight is 273 g/mol. The summed E-state index contributed by atoms with van der Waals surface area (Å²) in [5.41, 5.74) is 0. The lowest BCUT2D eigenvalue weighted by Crippen LogP contribution is -2.35. The molecule has 3 nitrogen and oxygen atoms in total. The van der Waals surface area contributed by atoms with E-state index in [-0.39, 0.29) is 0 Å². The van der Waals surface area contributed by atoms with Gasteiger partial charge >= 0.3 is 5.97 Å². The molecule has 19 heavy (non-hydrogen) atoms. The van der Waals surface area contributed by atoms with Gasteiger partial charge < -0.3 is 5.11 Å². The molecule has 4 heteroatoms. The Morgan fingerprint density at radius 2 is 1.42 bits per heavy atom. The van der Waals surface area contributed by atoms with Crippen molar-refractivity contribution in [3.63, 3.8) is 0 Å². The van der Waals surface area contributed by atoms with Crippen molar-refractivity contribution in [3.05, 3.63) is 60.7 Å². The van der Waals surface area contributed by atoms with Gasteiger partial charge in [0.15, 0.2) is 0 Å². The Balaban J connectivity index is 2.32. The van der Waals surface area contributed by atoms with E-state index in [9.17, 15) is 4.79 Å². The molecule has 0 radical (unpaired) electrons. The van der Waals surface area contributed by atoms with Gasteiger partial charge in [0, 0.05) is 8.07 Å². The van der Waals surface area contributed by atoms with Gasteiger partial charge in [-0.05, 0) is 17.5 Å². The number of carboxylic acid groups (broad SMARTS) is 1. The minimum atomic E-state index is -0.854. The number of carbonyl (C=O) groups is 1. The zero-order chi connectivity index (χ0) is 13.7. The summed E-state index contributed by atoms with van der Waals surface area (Å²) in [6.45, 7) is 1.67. The van der Waals surface area contributed by atoms with Gasteiger partial charge in [-0.15, -0.1) is 0 Å². The number of aliphatic carboxylic acids is 1. The fourth-order valence-electron chi connectivity index (χ4n) is 1.70. The highest BCUT2D eigenvalue weighted by molar-refractivity contribution is 7.71. The second kappa shape index (κ2) is 6.46. The van der Waals surface area contributed by atoms with E-state index in [4.69, 9.17) is 5.11 Å². The van der Waals surface area contributed by atoms with Crippen LogP contribution in [-0.4, -0.2) is 17.1 Å². The summed E-state index contributed by atoms with van der Waals surface area (Å²) in [4.78, 5) is 11.0. The summed E-state index contributed by atoms with van der Waals surface area (Å²) in [6.07, 6.45) is 0. The molecule has 0 bridgehead atoms. The molecule has 2 aromatic carbocycles. The van der Waals surface area contributed by atoms with Crippen LogP contribution in [0, 0.1) is 0 Å². The van der Waals surface area contributed by atoms with Gasteiger partial charge in [-0.3, -0.25) is 9.88 Å². The predicted molar refractivity (Wildman–Crippen MR) is 79.3 cm³/mol. The number of hydrogen-bond acceptors (Lipinski definition) is 2. The molecule has 0 spiro atoms. The Hall–Kier alpha value is -1.70. The van der Waals surface area contributed by atoms with E-state index in [1.165, 1.54) is 0 Å². The molecule has 0 saturated carbocycles. The van der Waals surface area contributed by atoms with Crippen LogP contribution in [0.15, 0.2) is 60.7 Å². The van der Waals surface area contributed by atoms with Crippen molar-refractivity contribution in [3.8, 4) is 0 Å². The molecule has 2 N–H and O–H groups in total. The van der Waals surface area contributed by atoms with Crippen LogP contribution in [0.1, 0.15) is 6.92 Å². The average Bonchev–Trinajstić information content (AvgIpc) is 2.46. The zero-order valence-electron chi connectivity index (χ0n) is 10.7. The van der Waals surface area contributed by atoms with Crippen molar-refractivity contribution in [2.45, 2.75) is 13.0 Å². The molecule has 0 amide bonds. The number of carboxylic acids is 1. The fraction of sp³-hybridized carbons (Fsp3) is 0.133. The maximum Gasteiger partial charge on any atom is 0.320 e. The molecule has 0 aliphatic heterocycles. The minimum absolute atomic E-state index is 0.577. The van der Waals surface area contributed by atoms with Gasteiger partial charge in [-0.1, -0.05) is 60.7 Å². The molecule has 0 saturated heterocycles. The number of rotatable bonds is 5. The van der Waals surface area contributed by atoms with Crippen molar-refractivity contribution >= 4 is 24.7 Å². The quantitative estimate of drug-likeness (QED) is 0.820. The molecule has 2 rings (SSSR count). The van der Waals surface area contributed by atoms with Crippen LogP contribution < -0.4 is 15.7 Å². The van der Waals surface area contributed by atoms with E-state index in [1.807, 2.05) is 60.7 Å². The fourth-order valence-corrected chi connectivity index (χ4v) is 3.74. The third kappa shape index (κ3) is 3.63. The zero-order valence-corrected chi connectivity index (χ0v) is 11.5. The highest BCUT2D eigenvalue weighted by Crippen LogP contribution is 2.29. The number of hydrogen-bond donors (Lipinski definition) is 2. The normalized spacial score (nSPS) is 12.3. The molecule has 0 unspecified atom stereocenters. The summed E-state index contributed by atoms with van der Waals surface area (Å²) in [7, 11) is -0.854. The third-order valence-corrected chi connectivity index (χ3v) is 5.00. The lowest BCUT2D eigenvalue weighted by Gasteiger charge is -2.22. The van der Waals surface area contributed by atoms with Crippen LogP contribution in [-0.2, 0) is 4.79 Å². The maximum atomic E-state index is 11.0. The van der Waals surface area contributed by atoms with Crippen LogP contribution in [0.5, 0.6) is 0 Å². The van der Waals surface area contributed by atoms with Crippen LogP contribution in [0.3, 0.4) is 0 Å². The van der Waals surface area contributed by atoms with E-state index >= 15 is 0 Å². The molecule has 0 heterocycles. The summed E-state index contributed by atoms with van der Waals surface area (Å²) in [5.74, 6) is -0.834. The van der Waals surface area contributed by atoms with Gasteiger partial charge in [0.05, 0.1) is 0 Å². The molecule has 1 atom stereocenters. The van der Waals surface area contributed by atoms with E-state index in [2.05, 4.69) is 5.09 Å². The number of benzene rings is 2. The van der Waals surface area contributed by atoms with Crippen molar-refractivity contribution in [2.24, 2.45) is 0 Å². The van der Waals surface area contributed by atoms with E-state index < -0.39 is 20.1 Å². The highest BCUT2D eigenvalue weighted by atomic mass is 31.1. The van der Waals surface area contributed by atoms with E-state index in [1.54, 1.807) is 6.92 Å². The maximum absolute atomic E-state index is 11.0. The molecular weight excluding hydrogens is 257 g/mol. The second-order valence-corrected chi connectivity index (χ2v) is 6.16. The topological polar surface area (TPSA) is 49.3 Å². The van der Waals surface area contributed by atoms with Crippen molar-refractivity contribution < 1.29 is 9.90 Å². The summed E-state index contributed by atoms with van der Waals surface area (Å²) in [6, 6.07) is 19.3. The standard InChI is InChI=1S/C15H16NO2P/c1-12(15(17)18)16-19(13-8-4-2-5-9-13)14-10-6-3-7-11-14/h2-12,16H,1H3,(H,17,18)/t12-/m1/s1. The summed E-state index contributed by atoms with van der Waals surface area (Å²) in [5, 5.41) is 14.5. The second-order valence-electron chi connectivity index (χ2n) is 4.20. The molecule has 0 aromatic heterocycles. The Kier molecular flexibility index (Phi) is 4.67. The van der Waals surface area contributed by atoms with Gasteiger partial charge in [0.2, 0.25) is 0 Å². The number of nitrogens with one attached hydrogen (secondary N) is 1. The van der Waals surface area contributed by atoms with Gasteiger partial charge in [-0.2, -0.15) is 0 Å². The lowest BCUT2D eigenvalue weighted by atomic mass is 10.4. The van der Waals surface area contributed by atoms with Gasteiger partial charge in [-0.25, -0.2) is 0 Å². The molecule has 0 fully saturated rings. The first-order chi connectivity index (χ1) is 9.18. The molecule has 0 aliphatic carbocycles. The van der Waals surface area contributed by atoms with Crippen molar-refractivity contribution in [1.29, 1.82) is 0 Å². The largest absolute Gasteiger partial charge is 0.480 e. The van der Waals surface area contributed by atoms with Crippen LogP contribution in [0.25, 0.3) is 0 Å². The first-order valence-corrected chi connectivity index (χ1v) is 7.42. The lowest BCUT2D eigenvalue weighted by molar-refractivity contribution is -0.138. The van der Waals surface area contributed by atoms with E-state index in [0.717, 1.165) is 10.6 Å². The van der Waals surface area contributed by atoms with Crippen molar-refractivity contribution in [1.82, 2.24) is 5.09 Å². The smallest absolute Gasteiger partial charge is 0.320 e. The molecular formula is C15H16NO2P. The molecule has 2 aromatic rings. The third-order valence-electron chi connectivity index (χ3n) is 2.72. The van der Waals surface area contributed by atoms with Crippen LogP contribution in [0.2, 0.25) is 0 Å². The minimum Gasteiger partial charge on any atom is -0.480 e. The summed E-state index contributed by atoms with van der Waals surface area (Å²) >= 11 is 0. The Bertz CT molecular complexity index is 491. The monoisotopic (exact) mass is 273 g/mol. The SMILES string of the molecule is C[C@@H](NP(c1ccccc1)c1ccccc1)C(=O)O. The Morgan fingerprint density at radius 3 is 1.79 bits per heavy atom.